The van der Waals surface area contributed by atoms with Crippen LogP contribution in [0, 0.1) is 0 Å². The SMILES string of the molecule is CO.O=C1CC(c2cnc[nH]2)c2cccc(c2)Oc2cccc(c2)CN1. The number of carbonyl (C=O) groups is 1. The van der Waals surface area contributed by atoms with Crippen molar-refractivity contribution in [2.75, 3.05) is 7.11 Å². The van der Waals surface area contributed by atoms with Gasteiger partial charge in [0, 0.05) is 37.9 Å². The van der Waals surface area contributed by atoms with E-state index in [2.05, 4.69) is 15.3 Å². The van der Waals surface area contributed by atoms with Crippen molar-refractivity contribution in [2.45, 2.75) is 18.9 Å². The highest BCUT2D eigenvalue weighted by Gasteiger charge is 2.20. The molecule has 1 aromatic heterocycles. The smallest absolute Gasteiger partial charge is 0.221 e. The predicted molar refractivity (Wildman–Crippen MR) is 98.0 cm³/mol. The zero-order valence-corrected chi connectivity index (χ0v) is 14.5. The lowest BCUT2D eigenvalue weighted by atomic mass is 9.92. The van der Waals surface area contributed by atoms with Gasteiger partial charge in [0.25, 0.3) is 0 Å². The van der Waals surface area contributed by atoms with Crippen LogP contribution in [0.25, 0.3) is 0 Å². The van der Waals surface area contributed by atoms with Gasteiger partial charge in [0.15, 0.2) is 0 Å². The molecule has 2 heterocycles. The number of hydrogen-bond acceptors (Lipinski definition) is 4. The van der Waals surface area contributed by atoms with E-state index in [4.69, 9.17) is 9.84 Å². The molecule has 3 aromatic rings. The summed E-state index contributed by atoms with van der Waals surface area (Å²) in [6, 6.07) is 15.6. The normalized spacial score (nSPS) is 16.1. The van der Waals surface area contributed by atoms with Gasteiger partial charge in [-0.1, -0.05) is 24.3 Å². The van der Waals surface area contributed by atoms with Crippen LogP contribution in [0.4, 0.5) is 0 Å². The number of nitrogens with zero attached hydrogens (tertiary/aromatic N) is 1. The molecule has 1 unspecified atom stereocenters. The quantitative estimate of drug-likeness (QED) is 0.629. The maximum atomic E-state index is 12.4. The molecule has 6 heteroatoms. The van der Waals surface area contributed by atoms with Crippen LogP contribution in [0.3, 0.4) is 0 Å². The first-order valence-electron chi connectivity index (χ1n) is 8.34. The fraction of sp³-hybridized carbons (Fsp3) is 0.200. The molecule has 0 saturated heterocycles. The molecular formula is C20H21N3O3. The monoisotopic (exact) mass is 351 g/mol. The second-order valence-corrected chi connectivity index (χ2v) is 5.86. The Morgan fingerprint density at radius 2 is 1.88 bits per heavy atom. The van der Waals surface area contributed by atoms with E-state index >= 15 is 0 Å². The van der Waals surface area contributed by atoms with Crippen LogP contribution in [-0.4, -0.2) is 28.1 Å². The lowest BCUT2D eigenvalue weighted by Crippen LogP contribution is -2.25. The van der Waals surface area contributed by atoms with E-state index in [0.717, 1.165) is 35.4 Å². The van der Waals surface area contributed by atoms with Crippen LogP contribution in [0.1, 0.15) is 29.2 Å². The Hall–Kier alpha value is -3.12. The Balaban J connectivity index is 0.000000948. The Kier molecular flexibility index (Phi) is 5.66. The molecule has 0 saturated carbocycles. The first kappa shape index (κ1) is 17.7. The van der Waals surface area contributed by atoms with E-state index in [1.54, 1.807) is 12.5 Å². The minimum absolute atomic E-state index is 0.00639. The number of imidazole rings is 1. The second kappa shape index (κ2) is 8.31. The Morgan fingerprint density at radius 1 is 1.12 bits per heavy atom. The Labute approximate surface area is 151 Å². The molecule has 1 aliphatic heterocycles. The summed E-state index contributed by atoms with van der Waals surface area (Å²) in [4.78, 5) is 19.6. The largest absolute Gasteiger partial charge is 0.457 e. The van der Waals surface area contributed by atoms with E-state index in [9.17, 15) is 4.79 Å². The van der Waals surface area contributed by atoms with Gasteiger partial charge in [-0.3, -0.25) is 4.79 Å². The van der Waals surface area contributed by atoms with Gasteiger partial charge in [0.05, 0.1) is 6.33 Å². The van der Waals surface area contributed by atoms with Crippen LogP contribution in [0.2, 0.25) is 0 Å². The zero-order valence-electron chi connectivity index (χ0n) is 14.5. The third-order valence-electron chi connectivity index (χ3n) is 4.17. The van der Waals surface area contributed by atoms with Crippen molar-refractivity contribution >= 4 is 5.91 Å². The molecule has 0 fully saturated rings. The summed E-state index contributed by atoms with van der Waals surface area (Å²) >= 11 is 0. The third-order valence-corrected chi connectivity index (χ3v) is 4.17. The summed E-state index contributed by atoms with van der Waals surface area (Å²) < 4.78 is 5.99. The highest BCUT2D eigenvalue weighted by molar-refractivity contribution is 5.77. The van der Waals surface area contributed by atoms with Gasteiger partial charge in [-0.15, -0.1) is 0 Å². The molecule has 0 spiro atoms. The molecule has 134 valence electrons. The van der Waals surface area contributed by atoms with E-state index in [1.807, 2.05) is 48.5 Å². The molecule has 3 N–H and O–H groups in total. The molecule has 1 aliphatic rings. The van der Waals surface area contributed by atoms with Gasteiger partial charge >= 0.3 is 0 Å². The molecule has 2 aromatic carbocycles. The summed E-state index contributed by atoms with van der Waals surface area (Å²) in [5.41, 5.74) is 2.94. The topological polar surface area (TPSA) is 87.2 Å². The predicted octanol–water partition coefficient (Wildman–Crippen LogP) is 2.96. The molecule has 1 atom stereocenters. The molecule has 4 bridgehead atoms. The van der Waals surface area contributed by atoms with E-state index in [1.165, 1.54) is 0 Å². The number of amides is 1. The maximum Gasteiger partial charge on any atom is 0.221 e. The van der Waals surface area contributed by atoms with E-state index in [-0.39, 0.29) is 11.8 Å². The number of hydrogen-bond donors (Lipinski definition) is 3. The highest BCUT2D eigenvalue weighted by atomic mass is 16.5. The molecule has 6 nitrogen and oxygen atoms in total. The van der Waals surface area contributed by atoms with Crippen molar-refractivity contribution in [2.24, 2.45) is 0 Å². The van der Waals surface area contributed by atoms with Crippen LogP contribution in [-0.2, 0) is 11.3 Å². The first-order valence-corrected chi connectivity index (χ1v) is 8.34. The molecule has 4 rings (SSSR count). The van der Waals surface area contributed by atoms with Crippen molar-refractivity contribution in [3.8, 4) is 11.5 Å². The first-order chi connectivity index (χ1) is 12.8. The Morgan fingerprint density at radius 3 is 2.65 bits per heavy atom. The van der Waals surface area contributed by atoms with Crippen LogP contribution in [0.15, 0.2) is 61.1 Å². The van der Waals surface area contributed by atoms with Gasteiger partial charge in [0.2, 0.25) is 5.91 Å². The number of nitrogens with one attached hydrogen (secondary N) is 2. The van der Waals surface area contributed by atoms with Crippen molar-refractivity contribution < 1.29 is 14.6 Å². The number of aromatic nitrogens is 2. The molecule has 26 heavy (non-hydrogen) atoms. The zero-order chi connectivity index (χ0) is 18.4. The van der Waals surface area contributed by atoms with Gasteiger partial charge < -0.3 is 20.1 Å². The molecule has 0 aliphatic carbocycles. The van der Waals surface area contributed by atoms with E-state index < -0.39 is 0 Å². The lowest BCUT2D eigenvalue weighted by molar-refractivity contribution is -0.121. The number of rotatable bonds is 1. The van der Waals surface area contributed by atoms with Gasteiger partial charge in [-0.25, -0.2) is 4.98 Å². The lowest BCUT2D eigenvalue weighted by Gasteiger charge is -2.18. The van der Waals surface area contributed by atoms with Gasteiger partial charge in [-0.05, 0) is 35.4 Å². The second-order valence-electron chi connectivity index (χ2n) is 5.86. The van der Waals surface area contributed by atoms with Crippen molar-refractivity contribution in [1.29, 1.82) is 0 Å². The summed E-state index contributed by atoms with van der Waals surface area (Å²) in [5, 5.41) is 9.98. The highest BCUT2D eigenvalue weighted by Crippen LogP contribution is 2.31. The molecule has 0 radical (unpaired) electrons. The van der Waals surface area contributed by atoms with Crippen molar-refractivity contribution in [1.82, 2.24) is 15.3 Å². The minimum Gasteiger partial charge on any atom is -0.457 e. The molecular weight excluding hydrogens is 330 g/mol. The number of aliphatic hydroxyl groups is 1. The minimum atomic E-state index is -0.0891. The van der Waals surface area contributed by atoms with Gasteiger partial charge in [-0.2, -0.15) is 0 Å². The number of aliphatic hydroxyl groups excluding tert-OH is 1. The number of benzene rings is 2. The number of H-pyrrole nitrogens is 1. The average Bonchev–Trinajstić information content (AvgIpc) is 3.20. The van der Waals surface area contributed by atoms with E-state index in [0.29, 0.717) is 13.0 Å². The maximum absolute atomic E-state index is 12.4. The number of carbonyl (C=O) groups excluding carboxylic acids is 1. The van der Waals surface area contributed by atoms with Crippen LogP contribution >= 0.6 is 0 Å². The number of aromatic amines is 1. The fourth-order valence-electron chi connectivity index (χ4n) is 2.97. The fourth-order valence-corrected chi connectivity index (χ4v) is 2.97. The Bertz CT molecular complexity index is 862. The summed E-state index contributed by atoms with van der Waals surface area (Å²) in [6.45, 7) is 0.486. The standard InChI is InChI=1S/C19H17N3O2.CH4O/c23-19-9-17(18-11-20-12-22-18)14-4-2-6-16(8-14)24-15-5-1-3-13(7-15)10-21-19;1-2/h1-8,11-12,17H,9-10H2,(H,20,22)(H,21,23);2H,1H3. The number of ether oxygens (including phenoxy) is 1. The summed E-state index contributed by atoms with van der Waals surface area (Å²) in [7, 11) is 1.00. The van der Waals surface area contributed by atoms with Crippen LogP contribution < -0.4 is 10.1 Å². The van der Waals surface area contributed by atoms with Crippen molar-refractivity contribution in [3.63, 3.8) is 0 Å². The van der Waals surface area contributed by atoms with Crippen molar-refractivity contribution in [3.05, 3.63) is 77.9 Å². The third kappa shape index (κ3) is 4.10. The average molecular weight is 351 g/mol. The number of fused-ring (bicyclic) bond motifs is 4. The summed E-state index contributed by atoms with van der Waals surface area (Å²) in [6.07, 6.45) is 3.75. The summed E-state index contributed by atoms with van der Waals surface area (Å²) in [5.74, 6) is 1.44. The van der Waals surface area contributed by atoms with Crippen LogP contribution in [0.5, 0.6) is 11.5 Å². The molecule has 1 amide bonds. The van der Waals surface area contributed by atoms with Gasteiger partial charge in [0.1, 0.15) is 11.5 Å².